The molecule has 5 nitrogen and oxygen atoms in total. The fourth-order valence-electron chi connectivity index (χ4n) is 3.53. The highest BCUT2D eigenvalue weighted by atomic mass is 32.2. The summed E-state index contributed by atoms with van der Waals surface area (Å²) in [6.45, 7) is 4.12. The van der Waals surface area contributed by atoms with Gasteiger partial charge in [-0.05, 0) is 35.8 Å². The molecule has 0 bridgehead atoms. The van der Waals surface area contributed by atoms with Gasteiger partial charge in [-0.1, -0.05) is 37.7 Å². The summed E-state index contributed by atoms with van der Waals surface area (Å²) in [4.78, 5) is 17.4. The maximum absolute atomic E-state index is 13.4. The highest BCUT2D eigenvalue weighted by Gasteiger charge is 2.38. The van der Waals surface area contributed by atoms with E-state index in [1.807, 2.05) is 6.92 Å². The molecule has 1 aliphatic heterocycles. The minimum Gasteiger partial charge on any atom is -0.328 e. The largest absolute Gasteiger partial charge is 0.328 e. The topological polar surface area (TPSA) is 59.8 Å². The zero-order chi connectivity index (χ0) is 17.6. The van der Waals surface area contributed by atoms with Crippen LogP contribution >= 0.6 is 11.8 Å². The molecule has 4 rings (SSSR count). The zero-order valence-electron chi connectivity index (χ0n) is 14.1. The van der Waals surface area contributed by atoms with Crippen molar-refractivity contribution in [3.63, 3.8) is 0 Å². The maximum Gasteiger partial charge on any atom is 0.227 e. The van der Waals surface area contributed by atoms with Gasteiger partial charge in [0.25, 0.3) is 0 Å². The molecule has 0 amide bonds. The van der Waals surface area contributed by atoms with E-state index in [4.69, 9.17) is 0 Å². The van der Waals surface area contributed by atoms with Gasteiger partial charge in [0.2, 0.25) is 11.1 Å². The number of anilines is 1. The number of rotatable bonds is 3. The van der Waals surface area contributed by atoms with Gasteiger partial charge in [-0.3, -0.25) is 4.79 Å². The molecule has 1 aliphatic carbocycles. The second kappa shape index (κ2) is 6.29. The van der Waals surface area contributed by atoms with E-state index in [1.165, 1.54) is 12.1 Å². The van der Waals surface area contributed by atoms with Gasteiger partial charge in [-0.2, -0.15) is 4.98 Å². The van der Waals surface area contributed by atoms with Gasteiger partial charge < -0.3 is 5.32 Å². The van der Waals surface area contributed by atoms with Crippen molar-refractivity contribution in [1.82, 2.24) is 14.8 Å². The molecule has 1 aromatic carbocycles. The number of ketones is 1. The lowest BCUT2D eigenvalue weighted by Crippen LogP contribution is -2.33. The van der Waals surface area contributed by atoms with Gasteiger partial charge in [0.05, 0.1) is 0 Å². The molecule has 2 aromatic rings. The summed E-state index contributed by atoms with van der Waals surface area (Å²) < 4.78 is 15.1. The molecule has 1 N–H and O–H groups in total. The van der Waals surface area contributed by atoms with E-state index in [9.17, 15) is 9.18 Å². The van der Waals surface area contributed by atoms with Crippen LogP contribution in [0.3, 0.4) is 0 Å². The molecular weight excluding hydrogens is 339 g/mol. The van der Waals surface area contributed by atoms with Crippen LogP contribution in [0.15, 0.2) is 40.7 Å². The van der Waals surface area contributed by atoms with Crippen LogP contribution in [-0.4, -0.2) is 26.3 Å². The molecule has 25 heavy (non-hydrogen) atoms. The Morgan fingerprint density at radius 2 is 2.08 bits per heavy atom. The van der Waals surface area contributed by atoms with Gasteiger partial charge in [0.1, 0.15) is 11.9 Å². The summed E-state index contributed by atoms with van der Waals surface area (Å²) in [5, 5.41) is 8.58. The van der Waals surface area contributed by atoms with E-state index < -0.39 is 0 Å². The Labute approximate surface area is 149 Å². The van der Waals surface area contributed by atoms with Crippen molar-refractivity contribution in [3.8, 4) is 0 Å². The molecule has 0 radical (unpaired) electrons. The Hall–Kier alpha value is -2.15. The van der Waals surface area contributed by atoms with Crippen molar-refractivity contribution in [2.75, 3.05) is 11.1 Å². The molecule has 0 unspecified atom stereocenters. The predicted octanol–water partition coefficient (Wildman–Crippen LogP) is 3.80. The first kappa shape index (κ1) is 16.3. The van der Waals surface area contributed by atoms with Crippen molar-refractivity contribution in [3.05, 3.63) is 46.9 Å². The molecule has 130 valence electrons. The van der Waals surface area contributed by atoms with Crippen molar-refractivity contribution in [2.45, 2.75) is 37.9 Å². The van der Waals surface area contributed by atoms with Gasteiger partial charge in [-0.25, -0.2) is 9.07 Å². The summed E-state index contributed by atoms with van der Waals surface area (Å²) >= 11 is 1.56. The van der Waals surface area contributed by atoms with Crippen LogP contribution in [0.5, 0.6) is 0 Å². The average Bonchev–Trinajstić information content (AvgIpc) is 2.96. The number of halogens is 1. The second-order valence-electron chi connectivity index (χ2n) is 6.50. The molecule has 1 aromatic heterocycles. The minimum atomic E-state index is -0.356. The first-order valence-corrected chi connectivity index (χ1v) is 9.43. The average molecular weight is 358 g/mol. The van der Waals surface area contributed by atoms with Gasteiger partial charge >= 0.3 is 0 Å². The molecule has 0 spiro atoms. The Morgan fingerprint density at radius 1 is 1.32 bits per heavy atom. The Morgan fingerprint density at radius 3 is 2.80 bits per heavy atom. The summed E-state index contributed by atoms with van der Waals surface area (Å²) in [5.41, 5.74) is 2.50. The van der Waals surface area contributed by atoms with E-state index in [2.05, 4.69) is 22.3 Å². The summed E-state index contributed by atoms with van der Waals surface area (Å²) in [6.07, 6.45) is 1.33. The standard InChI is InChI=1S/C18H19FN4OS/c1-3-25-18-21-17-20-13-8-10(2)9-14(24)15(13)16(23(17)22-18)11-4-6-12(19)7-5-11/h4-7,10,16H,3,8-9H2,1-2H3,(H,20,21,22)/t10-,16+/m1/s1. The lowest BCUT2D eigenvalue weighted by atomic mass is 9.81. The normalized spacial score (nSPS) is 22.4. The smallest absolute Gasteiger partial charge is 0.227 e. The number of carbonyl (C=O) groups is 1. The number of nitrogens with one attached hydrogen (secondary N) is 1. The highest BCUT2D eigenvalue weighted by molar-refractivity contribution is 7.99. The quantitative estimate of drug-likeness (QED) is 0.846. The third-order valence-corrected chi connectivity index (χ3v) is 5.28. The van der Waals surface area contributed by atoms with Crippen LogP contribution in [0.25, 0.3) is 0 Å². The van der Waals surface area contributed by atoms with Crippen molar-refractivity contribution in [1.29, 1.82) is 0 Å². The van der Waals surface area contributed by atoms with Gasteiger partial charge in [-0.15, -0.1) is 5.10 Å². The Balaban J connectivity index is 1.86. The van der Waals surface area contributed by atoms with Crippen LogP contribution in [0, 0.1) is 11.7 Å². The van der Waals surface area contributed by atoms with E-state index in [0.717, 1.165) is 29.0 Å². The fraction of sp³-hybridized carbons (Fsp3) is 0.389. The van der Waals surface area contributed by atoms with Gasteiger partial charge in [0.15, 0.2) is 5.78 Å². The molecule has 0 saturated carbocycles. The first-order chi connectivity index (χ1) is 12.1. The lowest BCUT2D eigenvalue weighted by molar-refractivity contribution is -0.117. The number of thioether (sulfide) groups is 1. The maximum atomic E-state index is 13.4. The molecule has 2 aliphatic rings. The van der Waals surface area contributed by atoms with E-state index in [-0.39, 0.29) is 17.6 Å². The van der Waals surface area contributed by atoms with Crippen LogP contribution < -0.4 is 5.32 Å². The van der Waals surface area contributed by atoms with Crippen LogP contribution in [-0.2, 0) is 4.79 Å². The molecule has 0 saturated heterocycles. The van der Waals surface area contributed by atoms with Crippen LogP contribution in [0.4, 0.5) is 10.3 Å². The number of hydrogen-bond donors (Lipinski definition) is 1. The second-order valence-corrected chi connectivity index (χ2v) is 7.73. The van der Waals surface area contributed by atoms with E-state index in [1.54, 1.807) is 28.6 Å². The molecular formula is C18H19FN4OS. The highest BCUT2D eigenvalue weighted by Crippen LogP contribution is 2.41. The summed E-state index contributed by atoms with van der Waals surface area (Å²) in [6, 6.07) is 5.93. The third kappa shape index (κ3) is 2.86. The van der Waals surface area contributed by atoms with Crippen molar-refractivity contribution in [2.24, 2.45) is 5.92 Å². The fourth-order valence-corrected chi connectivity index (χ4v) is 4.09. The van der Waals surface area contributed by atoms with E-state index >= 15 is 0 Å². The first-order valence-electron chi connectivity index (χ1n) is 8.45. The van der Waals surface area contributed by atoms with Gasteiger partial charge in [0, 0.05) is 17.7 Å². The molecule has 2 heterocycles. The number of benzene rings is 1. The molecule has 2 atom stereocenters. The van der Waals surface area contributed by atoms with Crippen molar-refractivity contribution < 1.29 is 9.18 Å². The third-order valence-electron chi connectivity index (χ3n) is 4.56. The predicted molar refractivity (Wildman–Crippen MR) is 95.0 cm³/mol. The van der Waals surface area contributed by atoms with E-state index in [0.29, 0.717) is 23.4 Å². The zero-order valence-corrected chi connectivity index (χ0v) is 14.9. The number of aromatic nitrogens is 3. The van der Waals surface area contributed by atoms with Crippen LogP contribution in [0.2, 0.25) is 0 Å². The number of fused-ring (bicyclic) bond motifs is 1. The minimum absolute atomic E-state index is 0.126. The summed E-state index contributed by atoms with van der Waals surface area (Å²) in [5.74, 6) is 1.64. The monoisotopic (exact) mass is 358 g/mol. The molecule has 0 fully saturated rings. The number of hydrogen-bond acceptors (Lipinski definition) is 5. The number of nitrogens with zero attached hydrogens (tertiary/aromatic N) is 3. The number of Topliss-reactive ketones (excluding diaryl/α,β-unsaturated/α-hetero) is 1. The number of carbonyl (C=O) groups excluding carboxylic acids is 1. The Bertz CT molecular complexity index is 858. The van der Waals surface area contributed by atoms with Crippen molar-refractivity contribution >= 4 is 23.5 Å². The van der Waals surface area contributed by atoms with Crippen LogP contribution in [0.1, 0.15) is 38.3 Å². The Kier molecular flexibility index (Phi) is 4.11. The summed E-state index contributed by atoms with van der Waals surface area (Å²) in [7, 11) is 0. The SMILES string of the molecule is CCSc1nc2n(n1)[C@@H](c1ccc(F)cc1)C1=C(C[C@@H](C)CC1=O)N2. The molecule has 7 heteroatoms. The lowest BCUT2D eigenvalue weighted by Gasteiger charge is -2.34. The number of allylic oxidation sites excluding steroid dienone is 2.